The van der Waals surface area contributed by atoms with Crippen LogP contribution in [0.5, 0.6) is 0 Å². The second kappa shape index (κ2) is 13.7. The molecular weight excluding hydrogens is 538 g/mol. The van der Waals surface area contributed by atoms with Crippen molar-refractivity contribution < 1.29 is 49.3 Å². The van der Waals surface area contributed by atoms with E-state index in [1.54, 1.807) is 26.8 Å². The molecule has 6 unspecified atom stereocenters. The van der Waals surface area contributed by atoms with Crippen LogP contribution in [0.1, 0.15) is 53.9 Å². The molecule has 0 spiro atoms. The van der Waals surface area contributed by atoms with Crippen LogP contribution in [0, 0.1) is 23.7 Å². The lowest BCUT2D eigenvalue weighted by molar-refractivity contribution is -0.308. The standard InChI is InChI=1S/C28H49N3O10/c1-13(2)6-7-17(40-27-24(35)22(29)23(34)15(5)39-27)8-20-21(26(37)31-11-16(12-31)25(30)36)19(33)10-28(38,41-20)9-18(32)14(3)4/h6-7,13-24,27,32-35,38H,8-12,29H2,1-5H3,(H2,30,36)/b7-6+/t15?,17-,18+,19-,20?,21+,22?,23?,24?,27?,28+/m0/s1. The fourth-order valence-corrected chi connectivity index (χ4v) is 5.47. The van der Waals surface area contributed by atoms with Gasteiger partial charge in [0, 0.05) is 32.4 Å². The highest BCUT2D eigenvalue weighted by Gasteiger charge is 2.52. The molecule has 41 heavy (non-hydrogen) atoms. The third-order valence-corrected chi connectivity index (χ3v) is 8.27. The Morgan fingerprint density at radius 2 is 1.76 bits per heavy atom. The molecule has 0 aromatic heterocycles. The van der Waals surface area contributed by atoms with Crippen LogP contribution >= 0.6 is 0 Å². The molecule has 9 N–H and O–H groups in total. The van der Waals surface area contributed by atoms with Crippen molar-refractivity contribution in [2.45, 2.75) is 115 Å². The molecule has 11 atom stereocenters. The summed E-state index contributed by atoms with van der Waals surface area (Å²) in [4.78, 5) is 26.5. The molecule has 0 aliphatic carbocycles. The normalized spacial score (nSPS) is 38.3. The quantitative estimate of drug-likeness (QED) is 0.139. The molecule has 0 bridgehead atoms. The first-order valence-corrected chi connectivity index (χ1v) is 14.5. The predicted molar refractivity (Wildman–Crippen MR) is 146 cm³/mol. The summed E-state index contributed by atoms with van der Waals surface area (Å²) in [6, 6.07) is -1.02. The Labute approximate surface area is 241 Å². The van der Waals surface area contributed by atoms with E-state index in [4.69, 9.17) is 25.7 Å². The number of aliphatic hydroxyl groups excluding tert-OH is 4. The molecule has 3 aliphatic rings. The van der Waals surface area contributed by atoms with Crippen molar-refractivity contribution in [1.29, 1.82) is 0 Å². The van der Waals surface area contributed by atoms with Crippen LogP contribution in [-0.4, -0.2) is 116 Å². The van der Waals surface area contributed by atoms with Gasteiger partial charge in [-0.2, -0.15) is 0 Å². The summed E-state index contributed by atoms with van der Waals surface area (Å²) < 4.78 is 17.9. The Morgan fingerprint density at radius 3 is 2.32 bits per heavy atom. The van der Waals surface area contributed by atoms with Crippen LogP contribution in [0.15, 0.2) is 12.2 Å². The Balaban J connectivity index is 1.88. The summed E-state index contributed by atoms with van der Waals surface area (Å²) in [5.74, 6) is -4.57. The summed E-state index contributed by atoms with van der Waals surface area (Å²) >= 11 is 0. The first kappa shape index (κ1) is 33.8. The van der Waals surface area contributed by atoms with Crippen LogP contribution in [0.25, 0.3) is 0 Å². The van der Waals surface area contributed by atoms with Gasteiger partial charge in [0.25, 0.3) is 0 Å². The lowest BCUT2D eigenvalue weighted by atomic mass is 9.80. The van der Waals surface area contributed by atoms with Crippen molar-refractivity contribution in [3.63, 3.8) is 0 Å². The Kier molecular flexibility index (Phi) is 11.3. The topological polar surface area (TPSA) is 218 Å². The number of aliphatic hydroxyl groups is 5. The number of likely N-dealkylation sites (tertiary alicyclic amines) is 1. The third-order valence-electron chi connectivity index (χ3n) is 8.27. The molecule has 13 nitrogen and oxygen atoms in total. The van der Waals surface area contributed by atoms with Gasteiger partial charge in [-0.25, -0.2) is 0 Å². The minimum atomic E-state index is -1.93. The summed E-state index contributed by atoms with van der Waals surface area (Å²) in [6.45, 7) is 9.32. The summed E-state index contributed by atoms with van der Waals surface area (Å²) in [5.41, 5.74) is 11.3. The fraction of sp³-hybridized carbons (Fsp3) is 0.857. The molecule has 3 rings (SSSR count). The van der Waals surface area contributed by atoms with Crippen molar-refractivity contribution >= 4 is 11.8 Å². The van der Waals surface area contributed by atoms with Crippen LogP contribution < -0.4 is 11.5 Å². The van der Waals surface area contributed by atoms with Crippen LogP contribution in [0.4, 0.5) is 0 Å². The molecule has 0 aromatic rings. The van der Waals surface area contributed by atoms with E-state index in [1.165, 1.54) is 4.90 Å². The molecule has 3 saturated heterocycles. The van der Waals surface area contributed by atoms with E-state index in [2.05, 4.69) is 0 Å². The first-order valence-electron chi connectivity index (χ1n) is 14.5. The van der Waals surface area contributed by atoms with Gasteiger partial charge in [-0.05, 0) is 18.8 Å². The monoisotopic (exact) mass is 587 g/mol. The van der Waals surface area contributed by atoms with E-state index in [0.717, 1.165) is 0 Å². The minimum Gasteiger partial charge on any atom is -0.393 e. The number of hydrogen-bond acceptors (Lipinski definition) is 11. The molecule has 236 valence electrons. The maximum Gasteiger partial charge on any atom is 0.230 e. The number of hydrogen-bond donors (Lipinski definition) is 7. The summed E-state index contributed by atoms with van der Waals surface area (Å²) in [6.07, 6.45) is -5.49. The van der Waals surface area contributed by atoms with Gasteiger partial charge in [0.1, 0.15) is 6.10 Å². The highest BCUT2D eigenvalue weighted by Crippen LogP contribution is 2.39. The van der Waals surface area contributed by atoms with Gasteiger partial charge >= 0.3 is 0 Å². The van der Waals surface area contributed by atoms with Crippen molar-refractivity contribution in [3.8, 4) is 0 Å². The van der Waals surface area contributed by atoms with Gasteiger partial charge in [-0.1, -0.05) is 39.8 Å². The van der Waals surface area contributed by atoms with Crippen LogP contribution in [0.2, 0.25) is 0 Å². The number of rotatable bonds is 11. The van der Waals surface area contributed by atoms with E-state index in [0.29, 0.717) is 0 Å². The molecule has 0 radical (unpaired) electrons. The number of ether oxygens (including phenoxy) is 3. The molecule has 2 amide bonds. The van der Waals surface area contributed by atoms with Gasteiger partial charge in [-0.15, -0.1) is 0 Å². The lowest BCUT2D eigenvalue weighted by Crippen LogP contribution is -2.63. The molecule has 3 aliphatic heterocycles. The number of nitrogens with zero attached hydrogens (tertiary/aromatic N) is 1. The molecule has 3 heterocycles. The van der Waals surface area contributed by atoms with Gasteiger partial charge in [0.05, 0.1) is 54.5 Å². The lowest BCUT2D eigenvalue weighted by Gasteiger charge is -2.48. The van der Waals surface area contributed by atoms with Crippen molar-refractivity contribution in [1.82, 2.24) is 4.90 Å². The van der Waals surface area contributed by atoms with Crippen LogP contribution in [-0.2, 0) is 23.8 Å². The Hall–Kier alpha value is -1.68. The maximum atomic E-state index is 13.6. The molecule has 13 heteroatoms. The maximum absolute atomic E-state index is 13.6. The van der Waals surface area contributed by atoms with Gasteiger partial charge in [0.15, 0.2) is 12.1 Å². The van der Waals surface area contributed by atoms with E-state index >= 15 is 0 Å². The van der Waals surface area contributed by atoms with Gasteiger partial charge in [-0.3, -0.25) is 9.59 Å². The average molecular weight is 588 g/mol. The summed E-state index contributed by atoms with van der Waals surface area (Å²) in [5, 5.41) is 53.9. The second-order valence-electron chi connectivity index (χ2n) is 12.6. The number of amides is 2. The smallest absolute Gasteiger partial charge is 0.230 e. The average Bonchev–Trinajstić information content (AvgIpc) is 2.82. The zero-order valence-corrected chi connectivity index (χ0v) is 24.6. The number of allylic oxidation sites excluding steroid dienone is 1. The van der Waals surface area contributed by atoms with E-state index in [9.17, 15) is 35.1 Å². The largest absolute Gasteiger partial charge is 0.393 e. The Bertz CT molecular complexity index is 929. The minimum absolute atomic E-state index is 0.0391. The predicted octanol–water partition coefficient (Wildman–Crippen LogP) is -1.43. The number of primary amides is 1. The van der Waals surface area contributed by atoms with Crippen molar-refractivity contribution in [2.24, 2.45) is 35.1 Å². The van der Waals surface area contributed by atoms with Gasteiger partial charge < -0.3 is 56.1 Å². The summed E-state index contributed by atoms with van der Waals surface area (Å²) in [7, 11) is 0. The van der Waals surface area contributed by atoms with Crippen molar-refractivity contribution in [2.75, 3.05) is 13.1 Å². The molecule has 0 saturated carbocycles. The van der Waals surface area contributed by atoms with Crippen LogP contribution in [0.3, 0.4) is 0 Å². The van der Waals surface area contributed by atoms with Crippen molar-refractivity contribution in [3.05, 3.63) is 12.2 Å². The van der Waals surface area contributed by atoms with Gasteiger partial charge in [0.2, 0.25) is 11.8 Å². The van der Waals surface area contributed by atoms with E-state index in [-0.39, 0.29) is 44.2 Å². The first-order chi connectivity index (χ1) is 19.0. The Morgan fingerprint density at radius 1 is 1.12 bits per heavy atom. The zero-order valence-electron chi connectivity index (χ0n) is 24.6. The molecular formula is C28H49N3O10. The third kappa shape index (κ3) is 8.24. The molecule has 3 fully saturated rings. The fourth-order valence-electron chi connectivity index (χ4n) is 5.47. The zero-order chi connectivity index (χ0) is 30.8. The number of carbonyl (C=O) groups is 2. The second-order valence-corrected chi connectivity index (χ2v) is 12.6. The number of nitrogens with two attached hydrogens (primary N) is 2. The SMILES string of the molecule is CC(C)/C=C/[C@@H](CC1O[C@](O)(C[C@@H](O)C(C)C)C[C@H](O)[C@H]1C(=O)N1CC(C(N)=O)C1)OC1OC(C)C(O)C(N)C1O. The highest BCUT2D eigenvalue weighted by molar-refractivity contribution is 5.85. The van der Waals surface area contributed by atoms with E-state index in [1.807, 2.05) is 19.9 Å². The molecule has 0 aromatic carbocycles. The van der Waals surface area contributed by atoms with E-state index < -0.39 is 84.5 Å². The number of carbonyl (C=O) groups excluding carboxylic acids is 2. The highest BCUT2D eigenvalue weighted by atomic mass is 16.7.